The molecule has 8 bridgehead atoms. The van der Waals surface area contributed by atoms with E-state index in [0.29, 0.717) is 28.4 Å². The first-order valence-electron chi connectivity index (χ1n) is 11.9. The van der Waals surface area contributed by atoms with Crippen molar-refractivity contribution in [2.45, 2.75) is 19.6 Å². The summed E-state index contributed by atoms with van der Waals surface area (Å²) in [6.07, 6.45) is 18.0. The van der Waals surface area contributed by atoms with E-state index in [4.69, 9.17) is 11.1 Å². The number of nitrogens with zero attached hydrogens (tertiary/aromatic N) is 4. The van der Waals surface area contributed by atoms with Crippen molar-refractivity contribution < 1.29 is 14.9 Å². The van der Waals surface area contributed by atoms with Gasteiger partial charge in [-0.1, -0.05) is 0 Å². The van der Waals surface area contributed by atoms with Crippen LogP contribution in [-0.4, -0.2) is 29.0 Å². The van der Waals surface area contributed by atoms with Crippen LogP contribution in [0.1, 0.15) is 13.9 Å². The van der Waals surface area contributed by atoms with Gasteiger partial charge in [0.1, 0.15) is 11.6 Å². The SMILES string of the molecule is [2H]C1=C(C(C)OCc2cc(F)ccc2F)C2=CC3=NC(=CC4=NC(=CC5=NC(=CC1=N2)C=C5)C=C4)C=C3. The number of allylic oxidation sites excluding steroid dienone is 11. The zero-order chi connectivity index (χ0) is 25.5. The number of rotatable bonds is 4. The molecule has 0 saturated carbocycles. The van der Waals surface area contributed by atoms with Gasteiger partial charge in [0, 0.05) is 11.1 Å². The molecule has 0 fully saturated rings. The summed E-state index contributed by atoms with van der Waals surface area (Å²) in [4.78, 5) is 18.6. The lowest BCUT2D eigenvalue weighted by Crippen LogP contribution is -2.13. The van der Waals surface area contributed by atoms with Crippen LogP contribution < -0.4 is 0 Å². The molecule has 1 atom stereocenters. The lowest BCUT2D eigenvalue weighted by Gasteiger charge is -2.15. The number of ether oxygens (including phenoxy) is 1. The first-order valence-corrected chi connectivity index (χ1v) is 11.4. The van der Waals surface area contributed by atoms with Gasteiger partial charge < -0.3 is 4.74 Å². The van der Waals surface area contributed by atoms with Crippen LogP contribution in [0.4, 0.5) is 8.78 Å². The zero-order valence-electron chi connectivity index (χ0n) is 20.2. The highest BCUT2D eigenvalue weighted by molar-refractivity contribution is 6.15. The minimum absolute atomic E-state index is 0.104. The molecule has 6 rings (SSSR count). The lowest BCUT2D eigenvalue weighted by atomic mass is 10.1. The van der Waals surface area contributed by atoms with Gasteiger partial charge in [-0.2, -0.15) is 0 Å². The van der Waals surface area contributed by atoms with Crippen LogP contribution in [0, 0.1) is 11.6 Å². The average molecular weight is 480 g/mol. The Kier molecular flexibility index (Phi) is 5.25. The van der Waals surface area contributed by atoms with Gasteiger partial charge in [-0.3, -0.25) is 0 Å². The molecule has 0 aromatic heterocycles. The average Bonchev–Trinajstić information content (AvgIpc) is 3.65. The van der Waals surface area contributed by atoms with Crippen LogP contribution in [-0.2, 0) is 11.3 Å². The van der Waals surface area contributed by atoms with Gasteiger partial charge >= 0.3 is 0 Å². The third kappa shape index (κ3) is 4.61. The van der Waals surface area contributed by atoms with E-state index in [-0.39, 0.29) is 18.2 Å². The number of hydrogen-bond donors (Lipinski definition) is 0. The van der Waals surface area contributed by atoms with Gasteiger partial charge in [0.15, 0.2) is 0 Å². The largest absolute Gasteiger partial charge is 0.369 e. The minimum atomic E-state index is -0.623. The standard InChI is InChI=1S/C29H20F2N4O/c1-17(36-16-18-10-19(30)2-9-28(18)31)27-14-26-13-24-6-5-22(33-24)11-20-3-4-21(32-20)12-23-7-8-25(34-23)15-29(27)35-26/h2-15,17H,16H2,1H3/i14D. The molecule has 0 amide bonds. The Morgan fingerprint density at radius 1 is 0.778 bits per heavy atom. The van der Waals surface area contributed by atoms with Gasteiger partial charge in [0.05, 0.1) is 59.7 Å². The van der Waals surface area contributed by atoms with Crippen LogP contribution in [0.25, 0.3) is 0 Å². The predicted molar refractivity (Wildman–Crippen MR) is 138 cm³/mol. The number of aliphatic imine (C=N–C) groups is 4. The topological polar surface area (TPSA) is 58.7 Å². The Labute approximate surface area is 208 Å². The highest BCUT2D eigenvalue weighted by Gasteiger charge is 2.22. The number of fused-ring (bicyclic) bond motifs is 4. The van der Waals surface area contributed by atoms with Crippen molar-refractivity contribution in [2.24, 2.45) is 20.0 Å². The molecule has 0 radical (unpaired) electrons. The Balaban J connectivity index is 1.38. The maximum Gasteiger partial charge on any atom is 0.128 e. The van der Waals surface area contributed by atoms with E-state index in [9.17, 15) is 8.78 Å². The number of benzene rings is 1. The van der Waals surface area contributed by atoms with Gasteiger partial charge in [-0.15, -0.1) is 0 Å². The molecule has 5 aliphatic heterocycles. The van der Waals surface area contributed by atoms with Crippen LogP contribution in [0.15, 0.2) is 133 Å². The molecule has 0 N–H and O–H groups in total. The van der Waals surface area contributed by atoms with Crippen LogP contribution >= 0.6 is 0 Å². The molecule has 5 aliphatic rings. The van der Waals surface area contributed by atoms with Crippen LogP contribution in [0.5, 0.6) is 0 Å². The molecule has 0 spiro atoms. The van der Waals surface area contributed by atoms with Crippen molar-refractivity contribution in [3.63, 3.8) is 0 Å². The number of halogens is 2. The van der Waals surface area contributed by atoms with Crippen LogP contribution in [0.2, 0.25) is 0 Å². The summed E-state index contributed by atoms with van der Waals surface area (Å²) in [5.74, 6) is -1.09. The van der Waals surface area contributed by atoms with Crippen molar-refractivity contribution in [3.05, 3.63) is 131 Å². The molecule has 176 valence electrons. The maximum atomic E-state index is 14.1. The molecule has 0 saturated heterocycles. The molecule has 1 unspecified atom stereocenters. The quantitative estimate of drug-likeness (QED) is 0.536. The van der Waals surface area contributed by atoms with Crippen LogP contribution in [0.3, 0.4) is 0 Å². The molecule has 7 heteroatoms. The summed E-state index contributed by atoms with van der Waals surface area (Å²) >= 11 is 0. The predicted octanol–water partition coefficient (Wildman–Crippen LogP) is 5.83. The summed E-state index contributed by atoms with van der Waals surface area (Å²) in [5, 5.41) is 0. The van der Waals surface area contributed by atoms with Crippen molar-refractivity contribution >= 4 is 22.8 Å². The van der Waals surface area contributed by atoms with Gasteiger partial charge in [-0.25, -0.2) is 28.8 Å². The Morgan fingerprint density at radius 2 is 1.36 bits per heavy atom. The fourth-order valence-electron chi connectivity index (χ4n) is 4.11. The molecule has 1 aromatic carbocycles. The second-order valence-corrected chi connectivity index (χ2v) is 8.57. The Hall–Kier alpha value is -4.36. The number of hydrogen-bond acceptors (Lipinski definition) is 5. The molecular formula is C29H20F2N4O. The summed E-state index contributed by atoms with van der Waals surface area (Å²) in [5.41, 5.74) is 5.97. The first kappa shape index (κ1) is 21.0. The second-order valence-electron chi connectivity index (χ2n) is 8.57. The maximum absolute atomic E-state index is 14.1. The molecule has 5 nitrogen and oxygen atoms in total. The first-order chi connectivity index (χ1) is 17.9. The summed E-state index contributed by atoms with van der Waals surface area (Å²) in [7, 11) is 0. The third-order valence-corrected chi connectivity index (χ3v) is 5.89. The minimum Gasteiger partial charge on any atom is -0.369 e. The smallest absolute Gasteiger partial charge is 0.128 e. The van der Waals surface area contributed by atoms with E-state index >= 15 is 0 Å². The van der Waals surface area contributed by atoms with Gasteiger partial charge in [0.25, 0.3) is 0 Å². The fourth-order valence-corrected chi connectivity index (χ4v) is 4.11. The molecule has 1 aromatic rings. The summed E-state index contributed by atoms with van der Waals surface area (Å²) in [6, 6.07) is 3.42. The van der Waals surface area contributed by atoms with E-state index in [1.165, 1.54) is 0 Å². The third-order valence-electron chi connectivity index (χ3n) is 5.89. The van der Waals surface area contributed by atoms with E-state index < -0.39 is 17.7 Å². The van der Waals surface area contributed by atoms with Gasteiger partial charge in [-0.05, 0) is 91.9 Å². The van der Waals surface area contributed by atoms with Gasteiger partial charge in [0.2, 0.25) is 0 Å². The highest BCUT2D eigenvalue weighted by atomic mass is 19.1. The van der Waals surface area contributed by atoms with E-state index in [1.807, 2.05) is 48.6 Å². The van der Waals surface area contributed by atoms with Crippen molar-refractivity contribution in [1.82, 2.24) is 0 Å². The molecule has 0 aliphatic carbocycles. The second kappa shape index (κ2) is 9.02. The Bertz CT molecular complexity index is 1610. The summed E-state index contributed by atoms with van der Waals surface area (Å²) in [6.45, 7) is 1.61. The van der Waals surface area contributed by atoms with Crippen molar-refractivity contribution in [1.29, 1.82) is 0 Å². The molecule has 5 heterocycles. The molecule has 36 heavy (non-hydrogen) atoms. The van der Waals surface area contributed by atoms with E-state index in [2.05, 4.69) is 15.0 Å². The highest BCUT2D eigenvalue weighted by Crippen LogP contribution is 2.28. The summed E-state index contributed by atoms with van der Waals surface area (Å²) < 4.78 is 42.5. The monoisotopic (exact) mass is 479 g/mol. The van der Waals surface area contributed by atoms with E-state index in [0.717, 1.165) is 41.0 Å². The zero-order valence-corrected chi connectivity index (χ0v) is 19.2. The van der Waals surface area contributed by atoms with Crippen molar-refractivity contribution in [3.8, 4) is 0 Å². The van der Waals surface area contributed by atoms with E-state index in [1.54, 1.807) is 19.1 Å². The lowest BCUT2D eigenvalue weighted by molar-refractivity contribution is 0.0760. The normalized spacial score (nSPS) is 20.9. The Morgan fingerprint density at radius 3 is 2.00 bits per heavy atom. The van der Waals surface area contributed by atoms with Crippen molar-refractivity contribution in [2.75, 3.05) is 0 Å². The molecular weight excluding hydrogens is 458 g/mol. The fraction of sp³-hybridized carbons (Fsp3) is 0.103.